The van der Waals surface area contributed by atoms with Gasteiger partial charge in [-0.15, -0.1) is 0 Å². The minimum atomic E-state index is -0.967. The van der Waals surface area contributed by atoms with Crippen molar-refractivity contribution >= 4 is 23.8 Å². The first-order valence-electron chi connectivity index (χ1n) is 12.6. The van der Waals surface area contributed by atoms with Gasteiger partial charge in [0.1, 0.15) is 18.0 Å². The predicted octanol–water partition coefficient (Wildman–Crippen LogP) is 0.0556. The number of phenolic OH excluding ortho intramolecular Hbond substituents is 1. The van der Waals surface area contributed by atoms with E-state index in [0.29, 0.717) is 46.1 Å². The maximum atomic E-state index is 12.0. The summed E-state index contributed by atoms with van der Waals surface area (Å²) < 4.78 is 29.7. The number of benzene rings is 1. The monoisotopic (exact) mass is 574 g/mol. The molecule has 228 valence electrons. The second-order valence-electron chi connectivity index (χ2n) is 8.14. The molecular weight excluding hydrogens is 532 g/mol. The number of phenols is 1. The topological polar surface area (TPSA) is 202 Å². The van der Waals surface area contributed by atoms with Gasteiger partial charge in [-0.3, -0.25) is 19.2 Å². The molecule has 1 unspecified atom stereocenters. The second-order valence-corrected chi connectivity index (χ2v) is 8.14. The number of rotatable bonds is 18. The fourth-order valence-corrected chi connectivity index (χ4v) is 3.13. The van der Waals surface area contributed by atoms with Crippen LogP contribution in [-0.2, 0) is 49.4 Å². The third-order valence-electron chi connectivity index (χ3n) is 4.84. The van der Waals surface area contributed by atoms with Crippen LogP contribution in [0.5, 0.6) is 5.75 Å². The van der Waals surface area contributed by atoms with Gasteiger partial charge in [0.15, 0.2) is 0 Å². The molecule has 14 heteroatoms. The highest BCUT2D eigenvalue weighted by molar-refractivity contribution is 5.97. The quantitative estimate of drug-likeness (QED) is 0.104. The van der Waals surface area contributed by atoms with Gasteiger partial charge in [0.05, 0.1) is 52.1 Å². The standard InChI is InChI=1S/C15H24N2O5.C11H18O7/c1-20-11-12-2-3-14(18)13(10-12)15(19)17-5-7-22-9-8-21-6-4-16;1-7(13)17-9(4-5-12)10(18-8(2)14)6-11(15)16-3/h2-3,10,18H,4-9,11,16H2,1H3,(H,17,19);9-10,12H,4-6H2,1-3H3/t;9?,10-/m.0/s1. The molecular formula is C26H42N2O12. The first kappa shape index (κ1) is 36.7. The average Bonchev–Trinajstić information content (AvgIpc) is 2.90. The molecule has 0 saturated carbocycles. The molecule has 0 aromatic heterocycles. The van der Waals surface area contributed by atoms with Gasteiger partial charge in [0.2, 0.25) is 0 Å². The zero-order valence-corrected chi connectivity index (χ0v) is 23.5. The van der Waals surface area contributed by atoms with Crippen LogP contribution in [0.15, 0.2) is 18.2 Å². The van der Waals surface area contributed by atoms with Crippen molar-refractivity contribution in [3.05, 3.63) is 29.3 Å². The predicted molar refractivity (Wildman–Crippen MR) is 141 cm³/mol. The first-order valence-corrected chi connectivity index (χ1v) is 12.6. The molecule has 40 heavy (non-hydrogen) atoms. The Balaban J connectivity index is 0.000000778. The van der Waals surface area contributed by atoms with Crippen LogP contribution in [0.1, 0.15) is 42.6 Å². The van der Waals surface area contributed by atoms with Crippen molar-refractivity contribution in [1.29, 1.82) is 0 Å². The average molecular weight is 575 g/mol. The van der Waals surface area contributed by atoms with Gasteiger partial charge in [0.25, 0.3) is 5.91 Å². The minimum Gasteiger partial charge on any atom is -0.507 e. The third kappa shape index (κ3) is 17.3. The summed E-state index contributed by atoms with van der Waals surface area (Å²) >= 11 is 0. The number of ether oxygens (including phenoxy) is 6. The Morgan fingerprint density at radius 3 is 2.12 bits per heavy atom. The number of esters is 3. The Bertz CT molecular complexity index is 896. The number of nitrogens with two attached hydrogens (primary N) is 1. The van der Waals surface area contributed by atoms with Crippen molar-refractivity contribution in [3.8, 4) is 5.75 Å². The lowest BCUT2D eigenvalue weighted by atomic mass is 10.1. The molecule has 5 N–H and O–H groups in total. The number of aliphatic hydroxyl groups excluding tert-OH is 1. The number of hydrogen-bond acceptors (Lipinski definition) is 13. The molecule has 0 fully saturated rings. The molecule has 1 aromatic carbocycles. The van der Waals surface area contributed by atoms with Crippen LogP contribution in [0.2, 0.25) is 0 Å². The van der Waals surface area contributed by atoms with E-state index in [-0.39, 0.29) is 36.7 Å². The molecule has 1 rings (SSSR count). The van der Waals surface area contributed by atoms with E-state index < -0.39 is 30.1 Å². The molecule has 0 aliphatic carbocycles. The van der Waals surface area contributed by atoms with Crippen molar-refractivity contribution < 1.29 is 57.8 Å². The lowest BCUT2D eigenvalue weighted by Crippen LogP contribution is -2.37. The lowest BCUT2D eigenvalue weighted by Gasteiger charge is -2.25. The van der Waals surface area contributed by atoms with Gasteiger partial charge in [0, 0.05) is 47.1 Å². The van der Waals surface area contributed by atoms with Crippen LogP contribution in [0.25, 0.3) is 0 Å². The number of carbonyl (C=O) groups excluding carboxylic acids is 4. The van der Waals surface area contributed by atoms with E-state index in [0.717, 1.165) is 5.56 Å². The van der Waals surface area contributed by atoms with Crippen LogP contribution < -0.4 is 11.1 Å². The minimum absolute atomic E-state index is 0.0616. The summed E-state index contributed by atoms with van der Waals surface area (Å²) in [6.07, 6.45) is -2.02. The number of methoxy groups -OCH3 is 2. The maximum absolute atomic E-state index is 12.0. The highest BCUT2D eigenvalue weighted by atomic mass is 16.6. The molecule has 14 nitrogen and oxygen atoms in total. The maximum Gasteiger partial charge on any atom is 0.309 e. The van der Waals surface area contributed by atoms with Crippen LogP contribution in [-0.4, -0.2) is 107 Å². The number of aromatic hydroxyl groups is 1. The summed E-state index contributed by atoms with van der Waals surface area (Å²) in [5, 5.41) is 21.3. The third-order valence-corrected chi connectivity index (χ3v) is 4.84. The van der Waals surface area contributed by atoms with Crippen molar-refractivity contribution in [2.75, 3.05) is 60.3 Å². The van der Waals surface area contributed by atoms with Crippen LogP contribution in [0.3, 0.4) is 0 Å². The molecule has 0 aliphatic heterocycles. The first-order chi connectivity index (χ1) is 19.1. The molecule has 0 heterocycles. The Morgan fingerprint density at radius 2 is 1.57 bits per heavy atom. The number of amides is 1. The Morgan fingerprint density at radius 1 is 0.950 bits per heavy atom. The van der Waals surface area contributed by atoms with E-state index in [4.69, 9.17) is 34.5 Å². The number of aliphatic hydroxyl groups is 1. The van der Waals surface area contributed by atoms with Gasteiger partial charge in [-0.25, -0.2) is 0 Å². The molecule has 1 aromatic rings. The largest absolute Gasteiger partial charge is 0.507 e. The number of hydrogen-bond donors (Lipinski definition) is 4. The molecule has 0 bridgehead atoms. The molecule has 2 atom stereocenters. The van der Waals surface area contributed by atoms with Gasteiger partial charge < -0.3 is 49.7 Å². The van der Waals surface area contributed by atoms with Gasteiger partial charge in [-0.2, -0.15) is 0 Å². The number of nitrogens with one attached hydrogen (secondary N) is 1. The van der Waals surface area contributed by atoms with Crippen molar-refractivity contribution in [1.82, 2.24) is 5.32 Å². The molecule has 1 amide bonds. The Labute approximate surface area is 234 Å². The van der Waals surface area contributed by atoms with E-state index in [1.54, 1.807) is 19.2 Å². The summed E-state index contributed by atoms with van der Waals surface area (Å²) in [5.74, 6) is -2.21. The summed E-state index contributed by atoms with van der Waals surface area (Å²) in [6, 6.07) is 4.80. The summed E-state index contributed by atoms with van der Waals surface area (Å²) in [4.78, 5) is 45.0. The van der Waals surface area contributed by atoms with E-state index >= 15 is 0 Å². The summed E-state index contributed by atoms with van der Waals surface area (Å²) in [7, 11) is 2.77. The molecule has 0 spiro atoms. The normalized spacial score (nSPS) is 11.8. The van der Waals surface area contributed by atoms with Gasteiger partial charge in [-0.1, -0.05) is 6.07 Å². The highest BCUT2D eigenvalue weighted by Gasteiger charge is 2.29. The summed E-state index contributed by atoms with van der Waals surface area (Å²) in [6.45, 7) is 5.12. The zero-order valence-electron chi connectivity index (χ0n) is 23.5. The molecule has 0 aliphatic rings. The van der Waals surface area contributed by atoms with Gasteiger partial charge >= 0.3 is 17.9 Å². The van der Waals surface area contributed by atoms with Crippen molar-refractivity contribution in [2.24, 2.45) is 5.73 Å². The lowest BCUT2D eigenvalue weighted by molar-refractivity contribution is -0.170. The number of carbonyl (C=O) groups is 4. The van der Waals surface area contributed by atoms with E-state index in [9.17, 15) is 24.3 Å². The second kappa shape index (κ2) is 22.5. The van der Waals surface area contributed by atoms with E-state index in [2.05, 4.69) is 10.1 Å². The highest BCUT2D eigenvalue weighted by Crippen LogP contribution is 2.19. The van der Waals surface area contributed by atoms with E-state index in [1.807, 2.05) is 0 Å². The van der Waals surface area contributed by atoms with Gasteiger partial charge in [-0.05, 0) is 17.7 Å². The smallest absolute Gasteiger partial charge is 0.309 e. The Kier molecular flexibility index (Phi) is 20.7. The van der Waals surface area contributed by atoms with E-state index in [1.165, 1.54) is 27.0 Å². The zero-order chi connectivity index (χ0) is 30.3. The van der Waals surface area contributed by atoms with Crippen LogP contribution >= 0.6 is 0 Å². The van der Waals surface area contributed by atoms with Crippen molar-refractivity contribution in [3.63, 3.8) is 0 Å². The fourth-order valence-electron chi connectivity index (χ4n) is 3.13. The SMILES string of the molecule is COC(=O)C[C@H](OC(C)=O)C(CCO)OC(C)=O.COCc1ccc(O)c(C(=O)NCCOCCOCCN)c1. The van der Waals surface area contributed by atoms with Crippen LogP contribution in [0, 0.1) is 0 Å². The Hall–Kier alpha value is -3.30. The summed E-state index contributed by atoms with van der Waals surface area (Å²) in [5.41, 5.74) is 6.32. The van der Waals surface area contributed by atoms with Crippen molar-refractivity contribution in [2.45, 2.75) is 45.5 Å². The molecule has 0 saturated heterocycles. The molecule has 0 radical (unpaired) electrons. The van der Waals surface area contributed by atoms with Crippen LogP contribution in [0.4, 0.5) is 0 Å². The fraction of sp³-hybridized carbons (Fsp3) is 0.615.